The average Bonchev–Trinajstić information content (AvgIpc) is 2.64. The molecule has 1 aliphatic rings. The first-order valence-electron chi connectivity index (χ1n) is 9.58. The molecular formula is C19H26F6N3O3+. The molecule has 0 aliphatic heterocycles. The van der Waals surface area contributed by atoms with Crippen LogP contribution in [0.4, 0.5) is 26.3 Å². The predicted octanol–water partition coefficient (Wildman–Crippen LogP) is 4.71. The van der Waals surface area contributed by atoms with Crippen molar-refractivity contribution in [3.05, 3.63) is 39.8 Å². The lowest BCUT2D eigenvalue weighted by molar-refractivity contribution is -0.797. The summed E-state index contributed by atoms with van der Waals surface area (Å²) in [7, 11) is 1.54. The maximum atomic E-state index is 13.1. The van der Waals surface area contributed by atoms with Gasteiger partial charge in [-0.25, -0.2) is 4.84 Å². The van der Waals surface area contributed by atoms with E-state index in [2.05, 4.69) is 5.59 Å². The topological polar surface area (TPSA) is 64.8 Å². The van der Waals surface area contributed by atoms with E-state index in [-0.39, 0.29) is 31.7 Å². The van der Waals surface area contributed by atoms with E-state index < -0.39 is 46.3 Å². The molecule has 0 bridgehead atoms. The van der Waals surface area contributed by atoms with Crippen molar-refractivity contribution in [2.75, 3.05) is 7.05 Å². The van der Waals surface area contributed by atoms with Crippen LogP contribution in [0.15, 0.2) is 18.2 Å². The third-order valence-electron chi connectivity index (χ3n) is 5.43. The van der Waals surface area contributed by atoms with Gasteiger partial charge >= 0.3 is 12.4 Å². The first kappa shape index (κ1) is 25.2. The summed E-state index contributed by atoms with van der Waals surface area (Å²) in [6, 6.07) is 1.12. The molecule has 2 rings (SSSR count). The van der Waals surface area contributed by atoms with Gasteiger partial charge in [-0.15, -0.1) is 5.01 Å². The third kappa shape index (κ3) is 6.22. The largest absolute Gasteiger partial charge is 0.416 e. The van der Waals surface area contributed by atoms with Crippen LogP contribution in [0.1, 0.15) is 63.1 Å². The first-order chi connectivity index (χ1) is 13.9. The van der Waals surface area contributed by atoms with Gasteiger partial charge in [-0.2, -0.15) is 26.3 Å². The number of nitrogens with zero attached hydrogens (tertiary/aromatic N) is 2. The van der Waals surface area contributed by atoms with E-state index in [0.717, 1.165) is 0 Å². The molecule has 31 heavy (non-hydrogen) atoms. The highest BCUT2D eigenvalue weighted by atomic mass is 19.4. The Balaban J connectivity index is 2.12. The standard InChI is InChI=1S/C19H26F6N3O3/c1-16(2,3)27(4)28(30)26-31-15-5-7-17(29,8-6-15)12-9-13(18(20,21)22)11-14(10-12)19(23,24)25/h9-11,15,29H,5-8H2,1-4H3,(H,26,30)/q+1. The van der Waals surface area contributed by atoms with Crippen LogP contribution in [-0.4, -0.2) is 33.8 Å². The van der Waals surface area contributed by atoms with E-state index in [9.17, 15) is 36.4 Å². The summed E-state index contributed by atoms with van der Waals surface area (Å²) in [5.74, 6) is 0. The Morgan fingerprint density at radius 2 is 1.48 bits per heavy atom. The molecule has 2 N–H and O–H groups in total. The van der Waals surface area contributed by atoms with Crippen LogP contribution < -0.4 is 5.59 Å². The number of hydrazine groups is 2. The van der Waals surface area contributed by atoms with Gasteiger partial charge in [0.2, 0.25) is 0 Å². The van der Waals surface area contributed by atoms with E-state index in [4.69, 9.17) is 4.84 Å². The first-order valence-corrected chi connectivity index (χ1v) is 9.58. The molecule has 1 aliphatic carbocycles. The molecule has 0 spiro atoms. The van der Waals surface area contributed by atoms with Crippen molar-refractivity contribution in [2.24, 2.45) is 0 Å². The molecule has 176 valence electrons. The Morgan fingerprint density at radius 1 is 1.03 bits per heavy atom. The number of nitroso groups, excluding NO2 is 1. The Hall–Kier alpha value is -2.08. The molecule has 12 heteroatoms. The number of nitrogens with one attached hydrogen (secondary N) is 1. The molecule has 1 fully saturated rings. The van der Waals surface area contributed by atoms with Gasteiger partial charge in [0, 0.05) is 5.59 Å². The van der Waals surface area contributed by atoms with Gasteiger partial charge in [-0.3, -0.25) is 0 Å². The number of rotatable bonds is 5. The van der Waals surface area contributed by atoms with Gasteiger partial charge < -0.3 is 5.11 Å². The van der Waals surface area contributed by atoms with Crippen LogP contribution in [0.25, 0.3) is 0 Å². The quantitative estimate of drug-likeness (QED) is 0.380. The summed E-state index contributed by atoms with van der Waals surface area (Å²) >= 11 is 0. The average molecular weight is 458 g/mol. The van der Waals surface area contributed by atoms with E-state index in [0.29, 0.717) is 17.1 Å². The smallest absolute Gasteiger partial charge is 0.385 e. The summed E-state index contributed by atoms with van der Waals surface area (Å²) in [6.07, 6.45) is -10.6. The van der Waals surface area contributed by atoms with Crippen molar-refractivity contribution in [1.82, 2.24) is 10.6 Å². The fourth-order valence-electron chi connectivity index (χ4n) is 3.15. The normalized spacial score (nSPS) is 22.9. The van der Waals surface area contributed by atoms with Gasteiger partial charge in [0.05, 0.1) is 40.3 Å². The molecule has 0 radical (unpaired) electrons. The number of hydrogen-bond donors (Lipinski definition) is 2. The molecule has 0 aromatic heterocycles. The zero-order chi connectivity index (χ0) is 23.8. The lowest BCUT2D eigenvalue weighted by Crippen LogP contribution is -2.50. The van der Waals surface area contributed by atoms with Crippen molar-refractivity contribution >= 4 is 0 Å². The molecule has 0 amide bonds. The summed E-state index contributed by atoms with van der Waals surface area (Å²) in [4.78, 5) is 17.7. The van der Waals surface area contributed by atoms with E-state index in [1.165, 1.54) is 12.1 Å². The van der Waals surface area contributed by atoms with E-state index >= 15 is 0 Å². The van der Waals surface area contributed by atoms with Crippen molar-refractivity contribution < 1.29 is 41.3 Å². The fourth-order valence-corrected chi connectivity index (χ4v) is 3.15. The second kappa shape index (κ2) is 8.45. The second-order valence-electron chi connectivity index (χ2n) is 8.70. The Labute approximate surface area is 175 Å². The molecule has 0 heterocycles. The van der Waals surface area contributed by atoms with Crippen LogP contribution in [0.3, 0.4) is 0 Å². The van der Waals surface area contributed by atoms with E-state index in [1.54, 1.807) is 20.8 Å². The zero-order valence-electron chi connectivity index (χ0n) is 17.6. The van der Waals surface area contributed by atoms with Crippen LogP contribution in [-0.2, 0) is 22.8 Å². The number of aliphatic hydroxyl groups is 1. The second-order valence-corrected chi connectivity index (χ2v) is 8.70. The molecule has 1 aromatic rings. The molecule has 6 nitrogen and oxygen atoms in total. The van der Waals surface area contributed by atoms with Gasteiger partial charge in [-0.05, 0) is 70.2 Å². The van der Waals surface area contributed by atoms with Gasteiger partial charge in [-0.1, -0.05) is 0 Å². The summed E-state index contributed by atoms with van der Waals surface area (Å²) < 4.78 is 78.6. The minimum Gasteiger partial charge on any atom is -0.385 e. The van der Waals surface area contributed by atoms with Crippen LogP contribution >= 0.6 is 0 Å². The van der Waals surface area contributed by atoms with Crippen molar-refractivity contribution in [3.8, 4) is 0 Å². The molecule has 1 aromatic carbocycles. The van der Waals surface area contributed by atoms with Crippen molar-refractivity contribution in [3.63, 3.8) is 0 Å². The number of hydrogen-bond acceptors (Lipinski definition) is 3. The van der Waals surface area contributed by atoms with Crippen molar-refractivity contribution in [1.29, 1.82) is 0 Å². The summed E-state index contributed by atoms with van der Waals surface area (Å²) in [6.45, 7) is 5.39. The molecule has 1 saturated carbocycles. The van der Waals surface area contributed by atoms with Gasteiger partial charge in [0.25, 0.3) is 4.98 Å². The molecule has 0 atom stereocenters. The Morgan fingerprint density at radius 3 is 1.87 bits per heavy atom. The summed E-state index contributed by atoms with van der Waals surface area (Å²) in [5.41, 5.74) is -3.56. The lowest BCUT2D eigenvalue weighted by atomic mass is 9.77. The Kier molecular flexibility index (Phi) is 6.87. The van der Waals surface area contributed by atoms with E-state index in [1.807, 2.05) is 0 Å². The SMILES string of the molecule is CN([N+](=O)NOC1CCC(O)(c2cc(C(F)(F)F)cc(C(F)(F)F)c2)CC1)C(C)(C)C. The monoisotopic (exact) mass is 458 g/mol. The molecule has 0 unspecified atom stereocenters. The maximum Gasteiger partial charge on any atom is 0.416 e. The minimum absolute atomic E-state index is 0.0279. The van der Waals surface area contributed by atoms with Crippen LogP contribution in [0, 0.1) is 4.91 Å². The highest BCUT2D eigenvalue weighted by Crippen LogP contribution is 2.43. The lowest BCUT2D eigenvalue weighted by Gasteiger charge is -2.36. The highest BCUT2D eigenvalue weighted by Gasteiger charge is 2.42. The number of halogens is 6. The zero-order valence-corrected chi connectivity index (χ0v) is 17.6. The van der Waals surface area contributed by atoms with Crippen LogP contribution in [0.5, 0.6) is 0 Å². The summed E-state index contributed by atoms with van der Waals surface area (Å²) in [5, 5.41) is 12.1. The number of benzene rings is 1. The minimum atomic E-state index is -4.99. The highest BCUT2D eigenvalue weighted by molar-refractivity contribution is 5.37. The van der Waals surface area contributed by atoms with Crippen LogP contribution in [0.2, 0.25) is 0 Å². The van der Waals surface area contributed by atoms with Gasteiger partial charge in [0.15, 0.2) is 0 Å². The Bertz CT molecular complexity index is 764. The molecular weight excluding hydrogens is 432 g/mol. The molecule has 0 saturated heterocycles. The fraction of sp³-hybridized carbons (Fsp3) is 0.684. The number of alkyl halides is 6. The maximum absolute atomic E-state index is 13.1. The van der Waals surface area contributed by atoms with Gasteiger partial charge in [0.1, 0.15) is 0 Å². The third-order valence-corrected chi connectivity index (χ3v) is 5.43. The van der Waals surface area contributed by atoms with Crippen molar-refractivity contribution in [2.45, 2.75) is 76.1 Å². The predicted molar refractivity (Wildman–Crippen MR) is 98.0 cm³/mol.